The molecule has 0 unspecified atom stereocenters. The molecule has 11 nitrogen and oxygen atoms in total. The summed E-state index contributed by atoms with van der Waals surface area (Å²) in [6, 6.07) is 1.04. The standard InChI is InChI=1S/C18H25ClN4O7/c1-9(20)8-30-14-6-10(19)2-3-11(14)16(26)22-12(4-5-15(21)25)17(27)23-13(7-24)18(28)29/h2-3,6,9,12-13,24H,4-5,7-8,20H2,1H3,(H2,21,25)(H,22,26)(H,23,27)(H,28,29)/t9-,12+,13+/m1/s1. The molecule has 12 heteroatoms. The minimum absolute atomic E-state index is 0.0499. The fourth-order valence-corrected chi connectivity index (χ4v) is 2.44. The SMILES string of the molecule is C[C@@H](N)COc1cc(Cl)ccc1C(=O)N[C@@H](CCC(N)=O)C(=O)N[C@@H](CO)C(=O)O. The summed E-state index contributed by atoms with van der Waals surface area (Å²) >= 11 is 5.94. The summed E-state index contributed by atoms with van der Waals surface area (Å²) in [6.45, 7) is 0.946. The maximum absolute atomic E-state index is 12.7. The minimum Gasteiger partial charge on any atom is -0.491 e. The molecule has 0 saturated carbocycles. The van der Waals surface area contributed by atoms with Gasteiger partial charge in [0, 0.05) is 17.5 Å². The molecule has 0 radical (unpaired) electrons. The zero-order valence-electron chi connectivity index (χ0n) is 16.3. The van der Waals surface area contributed by atoms with Crippen LogP contribution in [0.5, 0.6) is 5.75 Å². The van der Waals surface area contributed by atoms with Crippen LogP contribution in [0, 0.1) is 0 Å². The van der Waals surface area contributed by atoms with E-state index in [-0.39, 0.29) is 36.8 Å². The van der Waals surface area contributed by atoms with Crippen LogP contribution in [0.1, 0.15) is 30.1 Å². The van der Waals surface area contributed by atoms with Crippen molar-refractivity contribution in [1.82, 2.24) is 10.6 Å². The monoisotopic (exact) mass is 444 g/mol. The first kappa shape index (κ1) is 25.1. The van der Waals surface area contributed by atoms with Crippen molar-refractivity contribution in [2.24, 2.45) is 11.5 Å². The first-order valence-electron chi connectivity index (χ1n) is 8.96. The van der Waals surface area contributed by atoms with E-state index in [1.807, 2.05) is 0 Å². The van der Waals surface area contributed by atoms with Gasteiger partial charge in [-0.2, -0.15) is 0 Å². The van der Waals surface area contributed by atoms with E-state index in [0.717, 1.165) is 0 Å². The zero-order chi connectivity index (χ0) is 22.8. The van der Waals surface area contributed by atoms with Crippen LogP contribution in [-0.2, 0) is 14.4 Å². The molecule has 0 fully saturated rings. The van der Waals surface area contributed by atoms with Crippen LogP contribution in [0.3, 0.4) is 0 Å². The molecule has 3 amide bonds. The number of nitrogens with one attached hydrogen (secondary N) is 2. The third-order valence-electron chi connectivity index (χ3n) is 3.79. The summed E-state index contributed by atoms with van der Waals surface area (Å²) in [6.07, 6.45) is -0.432. The van der Waals surface area contributed by atoms with Gasteiger partial charge in [0.25, 0.3) is 5.91 Å². The number of amides is 3. The number of primary amides is 1. The largest absolute Gasteiger partial charge is 0.491 e. The number of ether oxygens (including phenoxy) is 1. The van der Waals surface area contributed by atoms with E-state index in [9.17, 15) is 19.2 Å². The highest BCUT2D eigenvalue weighted by atomic mass is 35.5. The van der Waals surface area contributed by atoms with Crippen LogP contribution in [0.25, 0.3) is 0 Å². The summed E-state index contributed by atoms with van der Waals surface area (Å²) < 4.78 is 5.50. The number of aliphatic hydroxyl groups is 1. The lowest BCUT2D eigenvalue weighted by molar-refractivity contribution is -0.143. The topological polar surface area (TPSA) is 194 Å². The van der Waals surface area contributed by atoms with Crippen molar-refractivity contribution in [3.05, 3.63) is 28.8 Å². The van der Waals surface area contributed by atoms with Gasteiger partial charge in [-0.15, -0.1) is 0 Å². The zero-order valence-corrected chi connectivity index (χ0v) is 17.0. The number of nitrogens with two attached hydrogens (primary N) is 2. The fraction of sp³-hybridized carbons (Fsp3) is 0.444. The number of hydrogen-bond donors (Lipinski definition) is 6. The van der Waals surface area contributed by atoms with Crippen molar-refractivity contribution in [3.8, 4) is 5.75 Å². The van der Waals surface area contributed by atoms with Crippen molar-refractivity contribution in [1.29, 1.82) is 0 Å². The number of aliphatic hydroxyl groups excluding tert-OH is 1. The molecule has 0 bridgehead atoms. The number of aliphatic carboxylic acids is 1. The Kier molecular flexibility index (Phi) is 10.0. The molecule has 1 aromatic carbocycles. The predicted octanol–water partition coefficient (Wildman–Crippen LogP) is -1.01. The first-order chi connectivity index (χ1) is 14.0. The number of hydrogen-bond acceptors (Lipinski definition) is 7. The lowest BCUT2D eigenvalue weighted by atomic mass is 10.1. The third-order valence-corrected chi connectivity index (χ3v) is 4.02. The first-order valence-corrected chi connectivity index (χ1v) is 9.34. The number of benzene rings is 1. The summed E-state index contributed by atoms with van der Waals surface area (Å²) in [5.74, 6) is -3.68. The Morgan fingerprint density at radius 1 is 1.20 bits per heavy atom. The number of carboxylic acids is 1. The Bertz CT molecular complexity index is 788. The smallest absolute Gasteiger partial charge is 0.328 e. The van der Waals surface area contributed by atoms with Gasteiger partial charge < -0.3 is 37.1 Å². The molecule has 0 aliphatic heterocycles. The van der Waals surface area contributed by atoms with E-state index >= 15 is 0 Å². The summed E-state index contributed by atoms with van der Waals surface area (Å²) in [5, 5.41) is 22.9. The van der Waals surface area contributed by atoms with Crippen molar-refractivity contribution < 1.29 is 34.1 Å². The van der Waals surface area contributed by atoms with E-state index in [0.29, 0.717) is 5.02 Å². The van der Waals surface area contributed by atoms with Gasteiger partial charge in [0.2, 0.25) is 11.8 Å². The molecule has 166 valence electrons. The maximum Gasteiger partial charge on any atom is 0.328 e. The van der Waals surface area contributed by atoms with E-state index < -0.39 is 42.4 Å². The van der Waals surface area contributed by atoms with Crippen LogP contribution in [0.2, 0.25) is 5.02 Å². The van der Waals surface area contributed by atoms with Gasteiger partial charge in [-0.1, -0.05) is 11.6 Å². The summed E-state index contributed by atoms with van der Waals surface area (Å²) in [4.78, 5) is 47.3. The second kappa shape index (κ2) is 12.0. The predicted molar refractivity (Wildman–Crippen MR) is 107 cm³/mol. The molecular formula is C18H25ClN4O7. The molecule has 0 aliphatic carbocycles. The molecule has 0 aliphatic rings. The van der Waals surface area contributed by atoms with Crippen molar-refractivity contribution >= 4 is 35.3 Å². The van der Waals surface area contributed by atoms with Gasteiger partial charge in [0.15, 0.2) is 0 Å². The highest BCUT2D eigenvalue weighted by Crippen LogP contribution is 2.24. The van der Waals surface area contributed by atoms with Gasteiger partial charge in [0.05, 0.1) is 12.2 Å². The molecule has 3 atom stereocenters. The lowest BCUT2D eigenvalue weighted by Crippen LogP contribution is -2.53. The van der Waals surface area contributed by atoms with Gasteiger partial charge in [-0.05, 0) is 31.5 Å². The normalized spacial score (nSPS) is 13.6. The Morgan fingerprint density at radius 2 is 1.87 bits per heavy atom. The average molecular weight is 445 g/mol. The average Bonchev–Trinajstić information content (AvgIpc) is 2.66. The lowest BCUT2D eigenvalue weighted by Gasteiger charge is -2.21. The van der Waals surface area contributed by atoms with Crippen molar-refractivity contribution in [2.45, 2.75) is 37.9 Å². The number of carbonyl (C=O) groups excluding carboxylic acids is 3. The third kappa shape index (κ3) is 8.23. The van der Waals surface area contributed by atoms with Gasteiger partial charge in [0.1, 0.15) is 24.4 Å². The molecular weight excluding hydrogens is 420 g/mol. The molecule has 0 heterocycles. The van der Waals surface area contributed by atoms with Crippen molar-refractivity contribution in [2.75, 3.05) is 13.2 Å². The van der Waals surface area contributed by atoms with Crippen LogP contribution in [-0.4, -0.2) is 65.2 Å². The molecule has 1 rings (SSSR count). The number of halogens is 1. The van der Waals surface area contributed by atoms with Crippen LogP contribution in [0.4, 0.5) is 0 Å². The summed E-state index contributed by atoms with van der Waals surface area (Å²) in [7, 11) is 0. The highest BCUT2D eigenvalue weighted by Gasteiger charge is 2.27. The molecule has 8 N–H and O–H groups in total. The fourth-order valence-electron chi connectivity index (χ4n) is 2.27. The molecule has 0 saturated heterocycles. The molecule has 30 heavy (non-hydrogen) atoms. The second-order valence-electron chi connectivity index (χ2n) is 6.54. The van der Waals surface area contributed by atoms with E-state index in [1.165, 1.54) is 18.2 Å². The second-order valence-corrected chi connectivity index (χ2v) is 6.98. The molecule has 0 spiro atoms. The Balaban J connectivity index is 3.05. The Labute approximate surface area is 177 Å². The summed E-state index contributed by atoms with van der Waals surface area (Å²) in [5.41, 5.74) is 10.8. The number of carboxylic acid groups (broad SMARTS) is 1. The molecule has 0 aromatic heterocycles. The highest BCUT2D eigenvalue weighted by molar-refractivity contribution is 6.30. The van der Waals surface area contributed by atoms with Crippen LogP contribution >= 0.6 is 11.6 Å². The Hall–Kier alpha value is -2.89. The number of carbonyl (C=O) groups is 4. The Morgan fingerprint density at radius 3 is 2.40 bits per heavy atom. The maximum atomic E-state index is 12.7. The van der Waals surface area contributed by atoms with Gasteiger partial charge in [-0.25, -0.2) is 4.79 Å². The quantitative estimate of drug-likeness (QED) is 0.236. The minimum atomic E-state index is -1.58. The van der Waals surface area contributed by atoms with E-state index in [1.54, 1.807) is 6.92 Å². The number of rotatable bonds is 12. The van der Waals surface area contributed by atoms with Crippen LogP contribution < -0.4 is 26.8 Å². The van der Waals surface area contributed by atoms with Crippen LogP contribution in [0.15, 0.2) is 18.2 Å². The van der Waals surface area contributed by atoms with E-state index in [4.69, 9.17) is 38.0 Å². The van der Waals surface area contributed by atoms with E-state index in [2.05, 4.69) is 10.6 Å². The van der Waals surface area contributed by atoms with Crippen molar-refractivity contribution in [3.63, 3.8) is 0 Å². The molecule has 1 aromatic rings. The van der Waals surface area contributed by atoms with Gasteiger partial charge in [-0.3, -0.25) is 14.4 Å². The van der Waals surface area contributed by atoms with Gasteiger partial charge >= 0.3 is 5.97 Å².